The number of aromatic nitrogens is 4. The van der Waals surface area contributed by atoms with Gasteiger partial charge in [-0.2, -0.15) is 9.78 Å². The molecule has 164 valence electrons. The highest BCUT2D eigenvalue weighted by Gasteiger charge is 2.27. The number of aromatic amines is 1. The average Bonchev–Trinajstić information content (AvgIpc) is 3.42. The zero-order valence-electron chi connectivity index (χ0n) is 18.1. The molecule has 1 amide bonds. The number of nitrogens with one attached hydrogen (secondary N) is 2. The molecule has 0 aliphatic heterocycles. The number of rotatable bonds is 7. The fourth-order valence-corrected chi connectivity index (χ4v) is 4.96. The third kappa shape index (κ3) is 5.12. The molecule has 1 saturated carbocycles. The van der Waals surface area contributed by atoms with Gasteiger partial charge in [-0.3, -0.25) is 14.6 Å². The molecular formula is C23H29N5O2S. The number of H-pyrrole nitrogens is 1. The van der Waals surface area contributed by atoms with Gasteiger partial charge in [0.25, 0.3) is 5.56 Å². The molecule has 0 atom stereocenters. The molecule has 7 nitrogen and oxygen atoms in total. The van der Waals surface area contributed by atoms with Gasteiger partial charge >= 0.3 is 0 Å². The summed E-state index contributed by atoms with van der Waals surface area (Å²) < 4.78 is 1.52. The molecule has 2 N–H and O–H groups in total. The zero-order chi connectivity index (χ0) is 21.8. The molecule has 1 aliphatic rings. The second kappa shape index (κ2) is 9.60. The number of aryl methyl sites for hydroxylation is 1. The molecule has 1 fully saturated rings. The van der Waals surface area contributed by atoms with Crippen LogP contribution >= 0.6 is 11.3 Å². The van der Waals surface area contributed by atoms with Crippen molar-refractivity contribution in [2.75, 3.05) is 5.32 Å². The Morgan fingerprint density at radius 3 is 2.77 bits per heavy atom. The number of carbonyl (C=O) groups excluding carboxylic acids is 1. The minimum atomic E-state index is -0.252. The van der Waals surface area contributed by atoms with Crippen LogP contribution in [0.3, 0.4) is 0 Å². The molecule has 0 radical (unpaired) electrons. The topological polar surface area (TPSA) is 92.7 Å². The quantitative estimate of drug-likeness (QED) is 0.546. The van der Waals surface area contributed by atoms with Crippen LogP contribution in [-0.4, -0.2) is 25.7 Å². The molecule has 0 aromatic carbocycles. The summed E-state index contributed by atoms with van der Waals surface area (Å²) in [6, 6.07) is 7.22. The lowest BCUT2D eigenvalue weighted by Crippen LogP contribution is -2.28. The van der Waals surface area contributed by atoms with Crippen LogP contribution in [0.5, 0.6) is 0 Å². The van der Waals surface area contributed by atoms with Gasteiger partial charge in [-0.05, 0) is 50.0 Å². The monoisotopic (exact) mass is 439 g/mol. The largest absolute Gasteiger partial charge is 0.310 e. The third-order valence-electron chi connectivity index (χ3n) is 5.98. The van der Waals surface area contributed by atoms with Gasteiger partial charge in [0, 0.05) is 23.7 Å². The molecule has 3 aromatic rings. The van der Waals surface area contributed by atoms with E-state index in [1.807, 2.05) is 23.6 Å². The first kappa shape index (κ1) is 21.5. The maximum Gasteiger partial charge on any atom is 0.252 e. The van der Waals surface area contributed by atoms with Crippen LogP contribution in [0.25, 0.3) is 16.5 Å². The summed E-state index contributed by atoms with van der Waals surface area (Å²) >= 11 is 1.57. The van der Waals surface area contributed by atoms with Gasteiger partial charge < -0.3 is 5.32 Å². The first-order chi connectivity index (χ1) is 15.0. The van der Waals surface area contributed by atoms with Crippen LogP contribution in [0.2, 0.25) is 0 Å². The Hall–Kier alpha value is -2.74. The van der Waals surface area contributed by atoms with Crippen LogP contribution < -0.4 is 10.9 Å². The van der Waals surface area contributed by atoms with Crippen molar-refractivity contribution in [3.63, 3.8) is 0 Å². The van der Waals surface area contributed by atoms with E-state index < -0.39 is 0 Å². The number of anilines is 1. The molecule has 1 aliphatic carbocycles. The molecule has 3 aromatic heterocycles. The van der Waals surface area contributed by atoms with Crippen molar-refractivity contribution in [3.8, 4) is 16.5 Å². The van der Waals surface area contributed by atoms with Crippen LogP contribution in [0.15, 0.2) is 34.4 Å². The van der Waals surface area contributed by atoms with E-state index in [0.29, 0.717) is 17.5 Å². The predicted molar refractivity (Wildman–Crippen MR) is 124 cm³/mol. The maximum atomic E-state index is 13.1. The van der Waals surface area contributed by atoms with Crippen molar-refractivity contribution in [1.82, 2.24) is 19.7 Å². The van der Waals surface area contributed by atoms with E-state index >= 15 is 0 Å². The molecule has 0 bridgehead atoms. The summed E-state index contributed by atoms with van der Waals surface area (Å²) in [5, 5.41) is 9.67. The van der Waals surface area contributed by atoms with Crippen molar-refractivity contribution in [3.05, 3.63) is 45.7 Å². The fourth-order valence-electron chi connectivity index (χ4n) is 4.27. The van der Waals surface area contributed by atoms with Gasteiger partial charge in [-0.1, -0.05) is 32.3 Å². The Morgan fingerprint density at radius 1 is 1.29 bits per heavy atom. The van der Waals surface area contributed by atoms with E-state index in [1.54, 1.807) is 18.3 Å². The SMILES string of the molecule is CCCCC1CCC(C(=O)Nc2cc(-c3cccs3)nn2-c2nc(C)cc(=O)[nH]2)CC1. The maximum absolute atomic E-state index is 13.1. The standard InChI is InChI=1S/C23H29N5O2S/c1-3-4-6-16-8-10-17(11-9-16)22(30)25-20-14-18(19-7-5-12-31-19)27-28(20)23-24-15(2)13-21(29)26-23/h5,7,12-14,16-17H,3-4,6,8-11H2,1-2H3,(H,25,30)(H,24,26,29). The fraction of sp³-hybridized carbons (Fsp3) is 0.478. The van der Waals surface area contributed by atoms with Crippen LogP contribution in [0.4, 0.5) is 5.82 Å². The average molecular weight is 440 g/mol. The number of amides is 1. The number of nitrogens with zero attached hydrogens (tertiary/aromatic N) is 3. The van der Waals surface area contributed by atoms with Gasteiger partial charge in [0.15, 0.2) is 0 Å². The molecule has 3 heterocycles. The highest BCUT2D eigenvalue weighted by molar-refractivity contribution is 7.13. The van der Waals surface area contributed by atoms with Crippen molar-refractivity contribution >= 4 is 23.1 Å². The van der Waals surface area contributed by atoms with E-state index in [0.717, 1.165) is 42.2 Å². The molecular weight excluding hydrogens is 410 g/mol. The molecule has 31 heavy (non-hydrogen) atoms. The molecule has 0 saturated heterocycles. The highest BCUT2D eigenvalue weighted by Crippen LogP contribution is 2.33. The van der Waals surface area contributed by atoms with E-state index in [4.69, 9.17) is 0 Å². The Morgan fingerprint density at radius 2 is 2.10 bits per heavy atom. The number of hydrogen-bond acceptors (Lipinski definition) is 5. The smallest absolute Gasteiger partial charge is 0.252 e. The number of hydrogen-bond donors (Lipinski definition) is 2. The molecule has 0 spiro atoms. The normalized spacial score (nSPS) is 18.8. The first-order valence-electron chi connectivity index (χ1n) is 11.1. The van der Waals surface area contributed by atoms with Gasteiger partial charge in [-0.15, -0.1) is 11.3 Å². The van der Waals surface area contributed by atoms with E-state index in [-0.39, 0.29) is 17.4 Å². The van der Waals surface area contributed by atoms with Crippen molar-refractivity contribution < 1.29 is 4.79 Å². The summed E-state index contributed by atoms with van der Waals surface area (Å²) in [6.45, 7) is 3.99. The Labute approximate surface area is 185 Å². The summed E-state index contributed by atoms with van der Waals surface area (Å²) in [5.41, 5.74) is 1.07. The zero-order valence-corrected chi connectivity index (χ0v) is 18.9. The van der Waals surface area contributed by atoms with Crippen LogP contribution in [0.1, 0.15) is 57.6 Å². The van der Waals surface area contributed by atoms with E-state index in [2.05, 4.69) is 27.3 Å². The summed E-state index contributed by atoms with van der Waals surface area (Å²) in [5.74, 6) is 1.60. The lowest BCUT2D eigenvalue weighted by atomic mass is 9.79. The molecule has 4 rings (SSSR count). The lowest BCUT2D eigenvalue weighted by Gasteiger charge is -2.27. The van der Waals surface area contributed by atoms with Crippen molar-refractivity contribution in [2.24, 2.45) is 11.8 Å². The Balaban J connectivity index is 1.56. The molecule has 8 heteroatoms. The number of thiophene rings is 1. The second-order valence-corrected chi connectivity index (χ2v) is 9.31. The Kier molecular flexibility index (Phi) is 6.65. The number of carbonyl (C=O) groups is 1. The first-order valence-corrected chi connectivity index (χ1v) is 11.9. The van der Waals surface area contributed by atoms with Gasteiger partial charge in [0.2, 0.25) is 11.9 Å². The van der Waals surface area contributed by atoms with Gasteiger partial charge in [0.1, 0.15) is 11.5 Å². The van der Waals surface area contributed by atoms with Crippen molar-refractivity contribution in [1.29, 1.82) is 0 Å². The van der Waals surface area contributed by atoms with Gasteiger partial charge in [0.05, 0.1) is 4.88 Å². The van der Waals surface area contributed by atoms with Gasteiger partial charge in [-0.25, -0.2) is 4.98 Å². The lowest BCUT2D eigenvalue weighted by molar-refractivity contribution is -0.121. The summed E-state index contributed by atoms with van der Waals surface area (Å²) in [7, 11) is 0. The Bertz CT molecular complexity index is 1080. The summed E-state index contributed by atoms with van der Waals surface area (Å²) in [6.07, 6.45) is 7.85. The van der Waals surface area contributed by atoms with Crippen LogP contribution in [-0.2, 0) is 4.79 Å². The van der Waals surface area contributed by atoms with E-state index in [9.17, 15) is 9.59 Å². The minimum absolute atomic E-state index is 0.0101. The summed E-state index contributed by atoms with van der Waals surface area (Å²) in [4.78, 5) is 33.2. The molecule has 0 unspecified atom stereocenters. The highest BCUT2D eigenvalue weighted by atomic mass is 32.1. The van der Waals surface area contributed by atoms with Crippen molar-refractivity contribution in [2.45, 2.75) is 58.8 Å². The van der Waals surface area contributed by atoms with Crippen LogP contribution in [0, 0.1) is 18.8 Å². The van der Waals surface area contributed by atoms with E-state index in [1.165, 1.54) is 30.0 Å². The number of unbranched alkanes of at least 4 members (excludes halogenated alkanes) is 1. The predicted octanol–water partition coefficient (Wildman–Crippen LogP) is 4.93. The minimum Gasteiger partial charge on any atom is -0.310 e. The third-order valence-corrected chi connectivity index (χ3v) is 6.87. The second-order valence-electron chi connectivity index (χ2n) is 8.36.